The zero-order valence-electron chi connectivity index (χ0n) is 19.5. The van der Waals surface area contributed by atoms with E-state index in [4.69, 9.17) is 5.11 Å². The summed E-state index contributed by atoms with van der Waals surface area (Å²) in [6, 6.07) is 12.4. The molecule has 2 unspecified atom stereocenters. The first-order chi connectivity index (χ1) is 14.5. The number of hydrogen-bond donors (Lipinski definition) is 1. The number of rotatable bonds is 3. The second-order valence-corrected chi connectivity index (χ2v) is 11.5. The monoisotopic (exact) mass is 414 g/mol. The van der Waals surface area contributed by atoms with E-state index < -0.39 is 5.97 Å². The fourth-order valence-electron chi connectivity index (χ4n) is 6.41. The Balaban J connectivity index is 1.48. The van der Waals surface area contributed by atoms with Gasteiger partial charge in [-0.25, -0.2) is 4.79 Å². The van der Waals surface area contributed by atoms with Crippen LogP contribution in [0.3, 0.4) is 0 Å². The number of carboxylic acids is 1. The molecule has 0 aromatic heterocycles. The first-order valence-electron chi connectivity index (χ1n) is 11.7. The molecule has 1 N–H and O–H groups in total. The zero-order chi connectivity index (χ0) is 22.2. The van der Waals surface area contributed by atoms with E-state index in [-0.39, 0.29) is 10.8 Å². The summed E-state index contributed by atoms with van der Waals surface area (Å²) in [4.78, 5) is 11.1. The van der Waals surface area contributed by atoms with Gasteiger partial charge >= 0.3 is 5.97 Å². The maximum atomic E-state index is 11.1. The van der Waals surface area contributed by atoms with Crippen molar-refractivity contribution in [2.24, 2.45) is 5.92 Å². The van der Waals surface area contributed by atoms with E-state index >= 15 is 0 Å². The molecule has 162 valence electrons. The third kappa shape index (κ3) is 3.18. The predicted octanol–water partition coefficient (Wildman–Crippen LogP) is 7.18. The number of allylic oxidation sites excluding steroid dienone is 1. The summed E-state index contributed by atoms with van der Waals surface area (Å²) in [5.41, 5.74) is 10.0. The van der Waals surface area contributed by atoms with Crippen LogP contribution in [0.4, 0.5) is 0 Å². The third-order valence-electron chi connectivity index (χ3n) is 8.63. The van der Waals surface area contributed by atoms with Crippen molar-refractivity contribution in [2.45, 2.75) is 83.0 Å². The van der Waals surface area contributed by atoms with Crippen molar-refractivity contribution >= 4 is 12.0 Å². The van der Waals surface area contributed by atoms with E-state index in [0.717, 1.165) is 12.0 Å². The summed E-state index contributed by atoms with van der Waals surface area (Å²) >= 11 is 0. The molecule has 2 atom stereocenters. The lowest BCUT2D eigenvalue weighted by atomic mass is 9.62. The van der Waals surface area contributed by atoms with Crippen molar-refractivity contribution in [3.63, 3.8) is 0 Å². The van der Waals surface area contributed by atoms with Crippen LogP contribution in [-0.2, 0) is 16.2 Å². The SMILES string of the molecule is Cc1cc2c(cc1C13CC/C(=C\c4ccc(C(=O)O)cc4)C1C3)C(C)(C)CCC2(C)C. The van der Waals surface area contributed by atoms with Gasteiger partial charge in [-0.15, -0.1) is 0 Å². The van der Waals surface area contributed by atoms with E-state index in [1.165, 1.54) is 31.2 Å². The first kappa shape index (κ1) is 20.5. The Bertz CT molecular complexity index is 1100. The molecule has 2 aromatic rings. The maximum absolute atomic E-state index is 11.1. The first-order valence-corrected chi connectivity index (χ1v) is 11.7. The molecule has 3 aliphatic rings. The second-order valence-electron chi connectivity index (χ2n) is 11.5. The summed E-state index contributed by atoms with van der Waals surface area (Å²) < 4.78 is 0. The molecule has 0 aliphatic heterocycles. The van der Waals surface area contributed by atoms with E-state index in [1.807, 2.05) is 12.1 Å². The summed E-state index contributed by atoms with van der Waals surface area (Å²) in [6.07, 6.45) is 8.47. The Labute approximate surface area is 186 Å². The van der Waals surface area contributed by atoms with Crippen molar-refractivity contribution in [2.75, 3.05) is 0 Å². The molecule has 2 fully saturated rings. The maximum Gasteiger partial charge on any atom is 0.335 e. The van der Waals surface area contributed by atoms with E-state index in [1.54, 1.807) is 34.4 Å². The number of aromatic carboxylic acids is 1. The molecule has 0 amide bonds. The Kier molecular flexibility index (Phi) is 4.36. The van der Waals surface area contributed by atoms with Crippen LogP contribution < -0.4 is 0 Å². The molecule has 5 rings (SSSR count). The zero-order valence-corrected chi connectivity index (χ0v) is 19.5. The van der Waals surface area contributed by atoms with Gasteiger partial charge in [0.2, 0.25) is 0 Å². The number of hydrogen-bond acceptors (Lipinski definition) is 1. The molecule has 2 saturated carbocycles. The number of aryl methyl sites for hydroxylation is 1. The lowest BCUT2D eigenvalue weighted by Crippen LogP contribution is -2.34. The molecule has 0 saturated heterocycles. The van der Waals surface area contributed by atoms with Crippen molar-refractivity contribution in [1.29, 1.82) is 0 Å². The Morgan fingerprint density at radius 1 is 0.935 bits per heavy atom. The molecule has 2 nitrogen and oxygen atoms in total. The van der Waals surface area contributed by atoms with Gasteiger partial charge in [0.05, 0.1) is 5.56 Å². The van der Waals surface area contributed by atoms with Gasteiger partial charge in [0.1, 0.15) is 0 Å². The number of carbonyl (C=O) groups is 1. The van der Waals surface area contributed by atoms with E-state index in [0.29, 0.717) is 16.9 Å². The van der Waals surface area contributed by atoms with Crippen molar-refractivity contribution in [3.05, 3.63) is 75.4 Å². The summed E-state index contributed by atoms with van der Waals surface area (Å²) in [5.74, 6) is -0.224. The molecule has 2 aromatic carbocycles. The van der Waals surface area contributed by atoms with Crippen LogP contribution in [0.5, 0.6) is 0 Å². The molecular formula is C29H34O2. The van der Waals surface area contributed by atoms with Crippen LogP contribution in [0.2, 0.25) is 0 Å². The van der Waals surface area contributed by atoms with E-state index in [9.17, 15) is 4.79 Å². The quantitative estimate of drug-likeness (QED) is 0.578. The smallest absolute Gasteiger partial charge is 0.335 e. The topological polar surface area (TPSA) is 37.3 Å². The fourth-order valence-corrected chi connectivity index (χ4v) is 6.41. The standard InChI is InChI=1S/C29H34O2/c1-18-14-23-24(28(4,5)13-12-27(23,2)3)16-22(18)29-11-10-21(25(29)17-29)15-19-6-8-20(9-7-19)26(30)31/h6-9,14-16,25H,10-13,17H2,1-5H3,(H,30,31)/b21-15+. The van der Waals surface area contributed by atoms with Gasteiger partial charge in [-0.1, -0.05) is 63.6 Å². The molecule has 31 heavy (non-hydrogen) atoms. The highest BCUT2D eigenvalue weighted by Crippen LogP contribution is 2.68. The second kappa shape index (κ2) is 6.58. The Morgan fingerprint density at radius 3 is 2.13 bits per heavy atom. The van der Waals surface area contributed by atoms with Crippen molar-refractivity contribution in [1.82, 2.24) is 0 Å². The lowest BCUT2D eigenvalue weighted by molar-refractivity contribution is 0.0697. The third-order valence-corrected chi connectivity index (χ3v) is 8.63. The van der Waals surface area contributed by atoms with Crippen LogP contribution >= 0.6 is 0 Å². The average molecular weight is 415 g/mol. The minimum absolute atomic E-state index is 0.248. The molecule has 0 radical (unpaired) electrons. The molecule has 0 heterocycles. The average Bonchev–Trinajstić information content (AvgIpc) is 3.35. The van der Waals surface area contributed by atoms with Gasteiger partial charge in [-0.3, -0.25) is 0 Å². The summed E-state index contributed by atoms with van der Waals surface area (Å²) in [6.45, 7) is 12.0. The number of carboxylic acid groups (broad SMARTS) is 1. The lowest BCUT2D eigenvalue weighted by Gasteiger charge is -2.43. The van der Waals surface area contributed by atoms with Gasteiger partial charge < -0.3 is 5.11 Å². The van der Waals surface area contributed by atoms with Gasteiger partial charge in [0.25, 0.3) is 0 Å². The van der Waals surface area contributed by atoms with Gasteiger partial charge in [-0.2, -0.15) is 0 Å². The minimum Gasteiger partial charge on any atom is -0.478 e. The molecule has 0 spiro atoms. The van der Waals surface area contributed by atoms with Gasteiger partial charge in [0.15, 0.2) is 0 Å². The Morgan fingerprint density at radius 2 is 1.55 bits per heavy atom. The molecule has 2 heteroatoms. The summed E-state index contributed by atoms with van der Waals surface area (Å²) in [5, 5.41) is 9.13. The number of fused-ring (bicyclic) bond motifs is 2. The normalized spacial score (nSPS) is 28.8. The predicted molar refractivity (Wildman–Crippen MR) is 127 cm³/mol. The van der Waals surface area contributed by atoms with Crippen LogP contribution in [0.15, 0.2) is 42.0 Å². The summed E-state index contributed by atoms with van der Waals surface area (Å²) in [7, 11) is 0. The largest absolute Gasteiger partial charge is 0.478 e. The van der Waals surface area contributed by atoms with E-state index in [2.05, 4.69) is 52.8 Å². The van der Waals surface area contributed by atoms with Crippen LogP contribution in [-0.4, -0.2) is 11.1 Å². The van der Waals surface area contributed by atoms with Crippen LogP contribution in [0, 0.1) is 12.8 Å². The Hall–Kier alpha value is -2.35. The molecule has 3 aliphatic carbocycles. The van der Waals surface area contributed by atoms with Crippen LogP contribution in [0.25, 0.3) is 6.08 Å². The van der Waals surface area contributed by atoms with Gasteiger partial charge in [-0.05, 0) is 95.7 Å². The highest BCUT2D eigenvalue weighted by atomic mass is 16.4. The van der Waals surface area contributed by atoms with Gasteiger partial charge in [0, 0.05) is 5.41 Å². The van der Waals surface area contributed by atoms with Crippen LogP contribution in [0.1, 0.15) is 98.0 Å². The molecular weight excluding hydrogens is 380 g/mol. The van der Waals surface area contributed by atoms with Crippen molar-refractivity contribution in [3.8, 4) is 0 Å². The van der Waals surface area contributed by atoms with Crippen molar-refractivity contribution < 1.29 is 9.90 Å². The highest BCUT2D eigenvalue weighted by molar-refractivity contribution is 5.87. The highest BCUT2D eigenvalue weighted by Gasteiger charge is 2.60. The fraction of sp³-hybridized carbons (Fsp3) is 0.483. The molecule has 0 bridgehead atoms. The minimum atomic E-state index is -0.865. The number of benzene rings is 2.